The first kappa shape index (κ1) is 23.1. The van der Waals surface area contributed by atoms with Gasteiger partial charge in [0.15, 0.2) is 11.5 Å². The lowest BCUT2D eigenvalue weighted by atomic mass is 10.0. The minimum absolute atomic E-state index is 0.0876. The molecule has 30 heavy (non-hydrogen) atoms. The fourth-order valence-electron chi connectivity index (χ4n) is 2.90. The summed E-state index contributed by atoms with van der Waals surface area (Å²) in [6.45, 7) is 4.32. The standard InChI is InChI=1S/C23H30N2O5/c1-16(2)21(25-23(27)30-15-18-8-6-5-7-9-18)22(26)24-13-12-17-10-11-19(28-3)20(14-17)29-4/h5-11,14,16,21H,12-13,15H2,1-4H3,(H,24,26)(H,25,27)/t21-/m0/s1. The molecule has 0 saturated heterocycles. The maximum atomic E-state index is 12.6. The minimum atomic E-state index is -0.682. The molecule has 2 rings (SSSR count). The van der Waals surface area contributed by atoms with Crippen molar-refractivity contribution in [3.8, 4) is 11.5 Å². The average molecular weight is 415 g/mol. The Morgan fingerprint density at radius 2 is 1.63 bits per heavy atom. The van der Waals surface area contributed by atoms with Gasteiger partial charge in [-0.3, -0.25) is 4.79 Å². The lowest BCUT2D eigenvalue weighted by Crippen LogP contribution is -2.50. The van der Waals surface area contributed by atoms with Crippen LogP contribution in [0.15, 0.2) is 48.5 Å². The van der Waals surface area contributed by atoms with Gasteiger partial charge in [-0.05, 0) is 35.6 Å². The number of carbonyl (C=O) groups is 2. The third-order valence-corrected chi connectivity index (χ3v) is 4.60. The molecule has 7 heteroatoms. The Kier molecular flexibility index (Phi) is 9.00. The van der Waals surface area contributed by atoms with Crippen molar-refractivity contribution < 1.29 is 23.8 Å². The number of alkyl carbamates (subject to hydrolysis) is 1. The predicted octanol–water partition coefficient (Wildman–Crippen LogP) is 3.31. The maximum Gasteiger partial charge on any atom is 0.408 e. The molecule has 0 aliphatic carbocycles. The van der Waals surface area contributed by atoms with Crippen LogP contribution >= 0.6 is 0 Å². The summed E-state index contributed by atoms with van der Waals surface area (Å²) in [5.41, 5.74) is 1.89. The van der Waals surface area contributed by atoms with E-state index in [4.69, 9.17) is 14.2 Å². The Morgan fingerprint density at radius 3 is 2.27 bits per heavy atom. The molecule has 0 aliphatic rings. The molecule has 1 atom stereocenters. The minimum Gasteiger partial charge on any atom is -0.493 e. The fraction of sp³-hybridized carbons (Fsp3) is 0.391. The van der Waals surface area contributed by atoms with Gasteiger partial charge in [-0.25, -0.2) is 4.79 Å². The van der Waals surface area contributed by atoms with Gasteiger partial charge in [-0.2, -0.15) is 0 Å². The first-order chi connectivity index (χ1) is 14.4. The van der Waals surface area contributed by atoms with Crippen molar-refractivity contribution in [2.45, 2.75) is 32.9 Å². The molecule has 162 valence electrons. The number of rotatable bonds is 10. The Hall–Kier alpha value is -3.22. The van der Waals surface area contributed by atoms with Gasteiger partial charge < -0.3 is 24.8 Å². The van der Waals surface area contributed by atoms with Crippen molar-refractivity contribution in [3.63, 3.8) is 0 Å². The molecule has 0 aliphatic heterocycles. The number of ether oxygens (including phenoxy) is 3. The average Bonchev–Trinajstić information content (AvgIpc) is 2.76. The zero-order valence-corrected chi connectivity index (χ0v) is 17.9. The topological polar surface area (TPSA) is 85.9 Å². The highest BCUT2D eigenvalue weighted by Gasteiger charge is 2.24. The van der Waals surface area contributed by atoms with Gasteiger partial charge in [-0.1, -0.05) is 50.2 Å². The third-order valence-electron chi connectivity index (χ3n) is 4.60. The molecule has 0 heterocycles. The summed E-state index contributed by atoms with van der Waals surface area (Å²) >= 11 is 0. The molecule has 2 aromatic rings. The summed E-state index contributed by atoms with van der Waals surface area (Å²) in [7, 11) is 3.17. The third kappa shape index (κ3) is 6.99. The zero-order valence-electron chi connectivity index (χ0n) is 17.9. The second-order valence-electron chi connectivity index (χ2n) is 7.16. The van der Waals surface area contributed by atoms with E-state index in [1.54, 1.807) is 14.2 Å². The van der Waals surface area contributed by atoms with Gasteiger partial charge >= 0.3 is 6.09 Å². The first-order valence-corrected chi connectivity index (χ1v) is 9.90. The fourth-order valence-corrected chi connectivity index (χ4v) is 2.90. The molecule has 2 amide bonds. The molecule has 0 bridgehead atoms. The smallest absolute Gasteiger partial charge is 0.408 e. The lowest BCUT2D eigenvalue weighted by Gasteiger charge is -2.21. The van der Waals surface area contributed by atoms with Gasteiger partial charge in [-0.15, -0.1) is 0 Å². The summed E-state index contributed by atoms with van der Waals surface area (Å²) in [5.74, 6) is 0.963. The van der Waals surface area contributed by atoms with E-state index < -0.39 is 12.1 Å². The first-order valence-electron chi connectivity index (χ1n) is 9.90. The van der Waals surface area contributed by atoms with Crippen molar-refractivity contribution in [3.05, 3.63) is 59.7 Å². The van der Waals surface area contributed by atoms with Crippen molar-refractivity contribution in [1.29, 1.82) is 0 Å². The Morgan fingerprint density at radius 1 is 0.933 bits per heavy atom. The highest BCUT2D eigenvalue weighted by molar-refractivity contribution is 5.85. The number of methoxy groups -OCH3 is 2. The molecule has 0 unspecified atom stereocenters. The van der Waals surface area contributed by atoms with Crippen LogP contribution in [0.2, 0.25) is 0 Å². The summed E-state index contributed by atoms with van der Waals surface area (Å²) in [4.78, 5) is 24.7. The molecule has 2 aromatic carbocycles. The summed E-state index contributed by atoms with van der Waals surface area (Å²) in [6, 6.07) is 14.3. The van der Waals surface area contributed by atoms with Crippen LogP contribution < -0.4 is 20.1 Å². The zero-order chi connectivity index (χ0) is 21.9. The van der Waals surface area contributed by atoms with Gasteiger partial charge in [0, 0.05) is 6.54 Å². The number of carbonyl (C=O) groups excluding carboxylic acids is 2. The second kappa shape index (κ2) is 11.7. The second-order valence-corrected chi connectivity index (χ2v) is 7.16. The summed E-state index contributed by atoms with van der Waals surface area (Å²) < 4.78 is 15.8. The molecular formula is C23H30N2O5. The molecule has 0 spiro atoms. The summed E-state index contributed by atoms with van der Waals surface area (Å²) in [6.07, 6.45) is 0.00243. The van der Waals surface area contributed by atoms with Crippen LogP contribution in [0.4, 0.5) is 4.79 Å². The number of hydrogen-bond acceptors (Lipinski definition) is 5. The highest BCUT2D eigenvalue weighted by Crippen LogP contribution is 2.27. The van der Waals surface area contributed by atoms with E-state index in [1.165, 1.54) is 0 Å². The predicted molar refractivity (Wildman–Crippen MR) is 115 cm³/mol. The van der Waals surface area contributed by atoms with E-state index in [0.29, 0.717) is 24.5 Å². The van der Waals surface area contributed by atoms with E-state index in [2.05, 4.69) is 10.6 Å². The van der Waals surface area contributed by atoms with Crippen molar-refractivity contribution in [2.24, 2.45) is 5.92 Å². The van der Waals surface area contributed by atoms with E-state index in [0.717, 1.165) is 11.1 Å². The monoisotopic (exact) mass is 414 g/mol. The molecule has 0 saturated carbocycles. The molecule has 7 nitrogen and oxygen atoms in total. The quantitative estimate of drug-likeness (QED) is 0.623. The van der Waals surface area contributed by atoms with E-state index in [-0.39, 0.29) is 18.4 Å². The molecule has 0 fully saturated rings. The van der Waals surface area contributed by atoms with Crippen LogP contribution in [0.5, 0.6) is 11.5 Å². The SMILES string of the molecule is COc1ccc(CCNC(=O)[C@@H](NC(=O)OCc2ccccc2)C(C)C)cc1OC. The van der Waals surface area contributed by atoms with Crippen molar-refractivity contribution in [1.82, 2.24) is 10.6 Å². The van der Waals surface area contributed by atoms with Crippen LogP contribution in [-0.2, 0) is 22.6 Å². The van der Waals surface area contributed by atoms with Crippen LogP contribution in [-0.4, -0.2) is 38.8 Å². The number of nitrogens with one attached hydrogen (secondary N) is 2. The van der Waals surface area contributed by atoms with Gasteiger partial charge in [0.2, 0.25) is 5.91 Å². The van der Waals surface area contributed by atoms with E-state index in [9.17, 15) is 9.59 Å². The van der Waals surface area contributed by atoms with Crippen LogP contribution in [0.1, 0.15) is 25.0 Å². The van der Waals surface area contributed by atoms with Gasteiger partial charge in [0.25, 0.3) is 0 Å². The van der Waals surface area contributed by atoms with Crippen molar-refractivity contribution in [2.75, 3.05) is 20.8 Å². The number of benzene rings is 2. The van der Waals surface area contributed by atoms with E-state index >= 15 is 0 Å². The van der Waals surface area contributed by atoms with Gasteiger partial charge in [0.05, 0.1) is 14.2 Å². The Bertz CT molecular complexity index is 824. The van der Waals surface area contributed by atoms with Gasteiger partial charge in [0.1, 0.15) is 12.6 Å². The molecule has 2 N–H and O–H groups in total. The summed E-state index contributed by atoms with van der Waals surface area (Å²) in [5, 5.41) is 5.54. The van der Waals surface area contributed by atoms with Crippen LogP contribution in [0, 0.1) is 5.92 Å². The maximum absolute atomic E-state index is 12.6. The largest absolute Gasteiger partial charge is 0.493 e. The Labute approximate surface area is 177 Å². The molecule has 0 aromatic heterocycles. The van der Waals surface area contributed by atoms with Crippen LogP contribution in [0.25, 0.3) is 0 Å². The normalized spacial score (nSPS) is 11.5. The lowest BCUT2D eigenvalue weighted by molar-refractivity contribution is -0.124. The highest BCUT2D eigenvalue weighted by atomic mass is 16.5. The number of hydrogen-bond donors (Lipinski definition) is 2. The van der Waals surface area contributed by atoms with Crippen molar-refractivity contribution >= 4 is 12.0 Å². The molecule has 0 radical (unpaired) electrons. The number of amides is 2. The van der Waals surface area contributed by atoms with Crippen LogP contribution in [0.3, 0.4) is 0 Å². The Balaban J connectivity index is 1.84. The molecular weight excluding hydrogens is 384 g/mol. The van der Waals surface area contributed by atoms with E-state index in [1.807, 2.05) is 62.4 Å².